The highest BCUT2D eigenvalue weighted by molar-refractivity contribution is 6.33. The van der Waals surface area contributed by atoms with Gasteiger partial charge in [0.15, 0.2) is 0 Å². The van der Waals surface area contributed by atoms with Crippen molar-refractivity contribution in [2.45, 2.75) is 13.5 Å². The number of aryl methyl sites for hydroxylation is 1. The lowest BCUT2D eigenvalue weighted by Gasteiger charge is -2.26. The van der Waals surface area contributed by atoms with Gasteiger partial charge in [0.2, 0.25) is 0 Å². The van der Waals surface area contributed by atoms with Crippen LogP contribution in [-0.2, 0) is 11.3 Å². The molecule has 0 spiro atoms. The molecule has 3 aromatic rings. The van der Waals surface area contributed by atoms with E-state index in [0.717, 1.165) is 38.4 Å². The molecule has 8 heteroatoms. The molecule has 1 aromatic heterocycles. The molecular formula is C22H21ClFN3O3. The first-order valence-electron chi connectivity index (χ1n) is 9.64. The Bertz CT molecular complexity index is 1030. The second-order valence-corrected chi connectivity index (χ2v) is 7.51. The van der Waals surface area contributed by atoms with Crippen molar-refractivity contribution in [3.05, 3.63) is 70.2 Å². The first kappa shape index (κ1) is 20.5. The topological polar surface area (TPSA) is 67.6 Å². The van der Waals surface area contributed by atoms with Crippen molar-refractivity contribution in [3.63, 3.8) is 0 Å². The second kappa shape index (κ2) is 8.95. The minimum Gasteiger partial charge on any atom is -0.379 e. The van der Waals surface area contributed by atoms with Crippen LogP contribution in [0.2, 0.25) is 5.02 Å². The molecule has 1 aliphatic heterocycles. The number of carbonyl (C=O) groups is 1. The van der Waals surface area contributed by atoms with Gasteiger partial charge in [-0.1, -0.05) is 35.0 Å². The number of benzene rings is 2. The molecule has 1 saturated heterocycles. The number of nitrogens with one attached hydrogen (secondary N) is 1. The van der Waals surface area contributed by atoms with Crippen LogP contribution in [0, 0.1) is 12.7 Å². The molecule has 1 fully saturated rings. The lowest BCUT2D eigenvalue weighted by atomic mass is 10.0. The van der Waals surface area contributed by atoms with Crippen LogP contribution in [0.4, 0.5) is 10.1 Å². The lowest BCUT2D eigenvalue weighted by molar-refractivity contribution is 0.0342. The quantitative estimate of drug-likeness (QED) is 0.645. The average Bonchev–Trinajstić information content (AvgIpc) is 3.11. The van der Waals surface area contributed by atoms with Gasteiger partial charge in [0.1, 0.15) is 22.8 Å². The Morgan fingerprint density at radius 1 is 1.20 bits per heavy atom. The molecule has 1 aliphatic rings. The molecule has 0 unspecified atom stereocenters. The number of hydrogen-bond donors (Lipinski definition) is 1. The van der Waals surface area contributed by atoms with E-state index in [9.17, 15) is 9.18 Å². The highest BCUT2D eigenvalue weighted by Gasteiger charge is 2.25. The van der Waals surface area contributed by atoms with Crippen molar-refractivity contribution in [3.8, 4) is 11.3 Å². The van der Waals surface area contributed by atoms with Gasteiger partial charge in [-0.3, -0.25) is 9.69 Å². The van der Waals surface area contributed by atoms with Crippen LogP contribution in [0.1, 0.15) is 21.7 Å². The Morgan fingerprint density at radius 3 is 2.63 bits per heavy atom. The van der Waals surface area contributed by atoms with Crippen LogP contribution in [-0.4, -0.2) is 42.3 Å². The number of carbonyl (C=O) groups excluding carboxylic acids is 1. The molecule has 0 radical (unpaired) electrons. The molecule has 30 heavy (non-hydrogen) atoms. The van der Waals surface area contributed by atoms with Gasteiger partial charge in [-0.15, -0.1) is 0 Å². The third kappa shape index (κ3) is 4.38. The maximum atomic E-state index is 14.3. The Balaban J connectivity index is 1.51. The van der Waals surface area contributed by atoms with Crippen LogP contribution in [0.25, 0.3) is 11.3 Å². The highest BCUT2D eigenvalue weighted by Crippen LogP contribution is 2.33. The summed E-state index contributed by atoms with van der Waals surface area (Å²) in [4.78, 5) is 15.2. The maximum Gasteiger partial charge on any atom is 0.261 e. The minimum atomic E-state index is -0.572. The summed E-state index contributed by atoms with van der Waals surface area (Å²) in [5, 5.41) is 6.86. The molecule has 0 saturated carbocycles. The van der Waals surface area contributed by atoms with Gasteiger partial charge >= 0.3 is 0 Å². The van der Waals surface area contributed by atoms with Crippen molar-refractivity contribution >= 4 is 23.2 Å². The zero-order valence-corrected chi connectivity index (χ0v) is 17.2. The minimum absolute atomic E-state index is 0.0435. The number of halogens is 2. The predicted octanol–water partition coefficient (Wildman–Crippen LogP) is 4.53. The molecule has 0 bridgehead atoms. The number of hydrogen-bond acceptors (Lipinski definition) is 5. The maximum absolute atomic E-state index is 14.3. The molecule has 0 atom stereocenters. The number of anilines is 1. The lowest BCUT2D eigenvalue weighted by Crippen LogP contribution is -2.35. The van der Waals surface area contributed by atoms with Gasteiger partial charge in [-0.2, -0.15) is 0 Å². The predicted molar refractivity (Wildman–Crippen MR) is 112 cm³/mol. The molecule has 2 heterocycles. The van der Waals surface area contributed by atoms with E-state index in [4.69, 9.17) is 20.9 Å². The van der Waals surface area contributed by atoms with E-state index in [1.54, 1.807) is 13.0 Å². The fraction of sp³-hybridized carbons (Fsp3) is 0.273. The summed E-state index contributed by atoms with van der Waals surface area (Å²) in [7, 11) is 0. The van der Waals surface area contributed by atoms with Gasteiger partial charge in [-0.05, 0) is 36.8 Å². The Morgan fingerprint density at radius 2 is 1.93 bits per heavy atom. The average molecular weight is 430 g/mol. The molecule has 1 amide bonds. The number of nitrogens with zero attached hydrogens (tertiary/aromatic N) is 2. The van der Waals surface area contributed by atoms with Gasteiger partial charge < -0.3 is 14.6 Å². The fourth-order valence-electron chi connectivity index (χ4n) is 3.44. The Labute approximate surface area is 178 Å². The summed E-state index contributed by atoms with van der Waals surface area (Å²) in [6.45, 7) is 5.75. The van der Waals surface area contributed by atoms with Gasteiger partial charge in [-0.25, -0.2) is 4.39 Å². The van der Waals surface area contributed by atoms with E-state index >= 15 is 0 Å². The van der Waals surface area contributed by atoms with Crippen LogP contribution in [0.3, 0.4) is 0 Å². The van der Waals surface area contributed by atoms with E-state index in [1.165, 1.54) is 12.1 Å². The van der Waals surface area contributed by atoms with Gasteiger partial charge in [0.25, 0.3) is 5.91 Å². The first-order valence-corrected chi connectivity index (χ1v) is 10.0. The van der Waals surface area contributed by atoms with Crippen molar-refractivity contribution in [1.82, 2.24) is 10.1 Å². The van der Waals surface area contributed by atoms with Crippen molar-refractivity contribution < 1.29 is 18.4 Å². The zero-order valence-electron chi connectivity index (χ0n) is 16.5. The molecule has 1 N–H and O–H groups in total. The smallest absolute Gasteiger partial charge is 0.261 e. The van der Waals surface area contributed by atoms with E-state index < -0.39 is 11.7 Å². The number of rotatable bonds is 5. The third-order valence-electron chi connectivity index (χ3n) is 5.01. The summed E-state index contributed by atoms with van der Waals surface area (Å²) in [5.74, 6) is -0.730. The van der Waals surface area contributed by atoms with Crippen LogP contribution >= 0.6 is 11.6 Å². The van der Waals surface area contributed by atoms with E-state index in [0.29, 0.717) is 5.69 Å². The standard InChI is InChI=1S/C22H21ClFN3O3/c1-14-19(21(26-30-14)20-17(23)3-2-4-18(20)24)22(28)25-16-7-5-15(6-8-16)13-27-9-11-29-12-10-27/h2-8H,9-13H2,1H3,(H,25,28). The van der Waals surface area contributed by atoms with E-state index in [-0.39, 0.29) is 27.6 Å². The van der Waals surface area contributed by atoms with Crippen LogP contribution < -0.4 is 5.32 Å². The third-order valence-corrected chi connectivity index (χ3v) is 5.33. The summed E-state index contributed by atoms with van der Waals surface area (Å²) < 4.78 is 24.9. The molecule has 6 nitrogen and oxygen atoms in total. The Hall–Kier alpha value is -2.74. The molecule has 0 aliphatic carbocycles. The zero-order chi connectivity index (χ0) is 21.1. The highest BCUT2D eigenvalue weighted by atomic mass is 35.5. The largest absolute Gasteiger partial charge is 0.379 e. The van der Waals surface area contributed by atoms with E-state index in [1.807, 2.05) is 24.3 Å². The van der Waals surface area contributed by atoms with Crippen molar-refractivity contribution in [2.24, 2.45) is 0 Å². The molecule has 4 rings (SSSR count). The van der Waals surface area contributed by atoms with E-state index in [2.05, 4.69) is 15.4 Å². The normalized spacial score (nSPS) is 14.6. The SMILES string of the molecule is Cc1onc(-c2c(F)cccc2Cl)c1C(=O)Nc1ccc(CN2CCOCC2)cc1. The number of morpholine rings is 1. The first-order chi connectivity index (χ1) is 14.5. The number of ether oxygens (including phenoxy) is 1. The van der Waals surface area contributed by atoms with Crippen molar-refractivity contribution in [2.75, 3.05) is 31.6 Å². The fourth-order valence-corrected chi connectivity index (χ4v) is 3.69. The molecule has 2 aromatic carbocycles. The number of aromatic nitrogens is 1. The monoisotopic (exact) mass is 429 g/mol. The number of amides is 1. The summed E-state index contributed by atoms with van der Waals surface area (Å²) >= 11 is 6.14. The summed E-state index contributed by atoms with van der Waals surface area (Å²) in [6.07, 6.45) is 0. The Kier molecular flexibility index (Phi) is 6.13. The van der Waals surface area contributed by atoms with Crippen LogP contribution in [0.15, 0.2) is 47.0 Å². The summed E-state index contributed by atoms with van der Waals surface area (Å²) in [6, 6.07) is 11.9. The van der Waals surface area contributed by atoms with Crippen molar-refractivity contribution in [1.29, 1.82) is 0 Å². The molecular weight excluding hydrogens is 409 g/mol. The summed E-state index contributed by atoms with van der Waals surface area (Å²) in [5.41, 5.74) is 2.05. The molecule has 156 valence electrons. The second-order valence-electron chi connectivity index (χ2n) is 7.10. The van der Waals surface area contributed by atoms with Crippen LogP contribution in [0.5, 0.6) is 0 Å². The van der Waals surface area contributed by atoms with Gasteiger partial charge in [0.05, 0.1) is 23.8 Å². The van der Waals surface area contributed by atoms with Gasteiger partial charge in [0, 0.05) is 25.3 Å².